The molecule has 8 heteroatoms. The normalized spacial score (nSPS) is 20.6. The molecule has 8 nitrogen and oxygen atoms in total. The molecule has 2 amide bonds. The maximum absolute atomic E-state index is 12.8. The Morgan fingerprint density at radius 3 is 2.93 bits per heavy atom. The van der Waals surface area contributed by atoms with Gasteiger partial charge in [-0.15, -0.1) is 0 Å². The van der Waals surface area contributed by atoms with Crippen LogP contribution in [0.2, 0.25) is 0 Å². The van der Waals surface area contributed by atoms with Crippen molar-refractivity contribution >= 4 is 23.3 Å². The van der Waals surface area contributed by atoms with E-state index in [1.165, 1.54) is 4.90 Å². The first-order valence-electron chi connectivity index (χ1n) is 9.73. The Morgan fingerprint density at radius 1 is 1.34 bits per heavy atom. The van der Waals surface area contributed by atoms with Gasteiger partial charge in [0.05, 0.1) is 30.7 Å². The molecule has 3 heterocycles. The molecule has 2 aliphatic rings. The van der Waals surface area contributed by atoms with E-state index in [0.29, 0.717) is 24.3 Å². The fourth-order valence-corrected chi connectivity index (χ4v) is 4.00. The van der Waals surface area contributed by atoms with E-state index < -0.39 is 12.1 Å². The fourth-order valence-electron chi connectivity index (χ4n) is 4.00. The smallest absolute Gasteiger partial charge is 0.231 e. The van der Waals surface area contributed by atoms with Gasteiger partial charge in [0.1, 0.15) is 5.76 Å². The third-order valence-electron chi connectivity index (χ3n) is 5.43. The molecule has 2 atom stereocenters. The minimum absolute atomic E-state index is 0.0157. The van der Waals surface area contributed by atoms with Crippen molar-refractivity contribution in [2.24, 2.45) is 0 Å². The Labute approximate surface area is 167 Å². The zero-order valence-corrected chi connectivity index (χ0v) is 16.2. The summed E-state index contributed by atoms with van der Waals surface area (Å²) >= 11 is 0. The number of rotatable bonds is 6. The summed E-state index contributed by atoms with van der Waals surface area (Å²) < 4.78 is 5.09. The van der Waals surface area contributed by atoms with Gasteiger partial charge < -0.3 is 19.8 Å². The summed E-state index contributed by atoms with van der Waals surface area (Å²) in [4.78, 5) is 38.4. The molecule has 0 aliphatic carbocycles. The number of aryl methyl sites for hydroxylation is 2. The number of benzene rings is 1. The minimum Gasteiger partial charge on any atom is -0.391 e. The highest BCUT2D eigenvalue weighted by atomic mass is 16.5. The number of Topliss-reactive ketones (excluding diaryl/α,β-unsaturated/α-hetero) is 1. The molecular formula is C21H23N3O5. The van der Waals surface area contributed by atoms with Crippen LogP contribution in [-0.2, 0) is 33.6 Å². The highest BCUT2D eigenvalue weighted by Crippen LogP contribution is 2.26. The number of carbonyl (C=O) groups excluding carboxylic acids is 3. The van der Waals surface area contributed by atoms with Crippen molar-refractivity contribution in [3.8, 4) is 0 Å². The molecule has 0 spiro atoms. The number of nitrogens with zero attached hydrogens (tertiary/aromatic N) is 2. The van der Waals surface area contributed by atoms with Gasteiger partial charge in [-0.3, -0.25) is 14.4 Å². The van der Waals surface area contributed by atoms with E-state index in [4.69, 9.17) is 4.52 Å². The number of aliphatic hydroxyl groups excluding tert-OH is 1. The molecule has 4 rings (SSSR count). The second-order valence-electron chi connectivity index (χ2n) is 7.75. The molecule has 2 N–H and O–H groups in total. The number of likely N-dealkylation sites (tertiary alicyclic amines) is 1. The van der Waals surface area contributed by atoms with Gasteiger partial charge in [0.25, 0.3) is 0 Å². The zero-order chi connectivity index (χ0) is 20.5. The lowest BCUT2D eigenvalue weighted by Crippen LogP contribution is -2.41. The van der Waals surface area contributed by atoms with Crippen LogP contribution in [0.4, 0.5) is 5.69 Å². The summed E-state index contributed by atoms with van der Waals surface area (Å²) in [6, 6.07) is 6.78. The second kappa shape index (κ2) is 7.79. The number of amides is 2. The molecule has 0 saturated carbocycles. The van der Waals surface area contributed by atoms with Crippen molar-refractivity contribution in [2.45, 2.75) is 51.2 Å². The molecule has 2 aromatic rings. The van der Waals surface area contributed by atoms with Crippen molar-refractivity contribution < 1.29 is 24.0 Å². The first-order chi connectivity index (χ1) is 13.9. The van der Waals surface area contributed by atoms with E-state index in [1.54, 1.807) is 13.0 Å². The summed E-state index contributed by atoms with van der Waals surface area (Å²) in [7, 11) is 0. The van der Waals surface area contributed by atoms with Gasteiger partial charge in [0, 0.05) is 31.1 Å². The number of anilines is 1. The van der Waals surface area contributed by atoms with E-state index in [0.717, 1.165) is 16.8 Å². The maximum atomic E-state index is 12.8. The van der Waals surface area contributed by atoms with E-state index in [2.05, 4.69) is 10.5 Å². The number of aliphatic hydroxyl groups is 1. The van der Waals surface area contributed by atoms with Gasteiger partial charge in [-0.2, -0.15) is 0 Å². The molecule has 1 saturated heterocycles. The molecule has 0 unspecified atom stereocenters. The number of aromatic nitrogens is 1. The molecule has 152 valence electrons. The fraction of sp³-hybridized carbons (Fsp3) is 0.429. The highest BCUT2D eigenvalue weighted by Gasteiger charge is 2.38. The largest absolute Gasteiger partial charge is 0.391 e. The Bertz CT molecular complexity index is 967. The lowest BCUT2D eigenvalue weighted by Gasteiger charge is -2.23. The molecule has 1 fully saturated rings. The number of ketones is 1. The molecule has 2 aliphatic heterocycles. The maximum Gasteiger partial charge on any atom is 0.231 e. The standard InChI is InChI=1S/C21H23N3O5/c1-12-6-16(29-23-12)10-21(28)24-11-15(25)9-18(24)19(26)5-3-13-2-4-14-8-20(27)22-17(14)7-13/h2,4,6-7,15,18,25H,3,5,8-11H2,1H3,(H,22,27)/t15-,18+/m1/s1. The first kappa shape index (κ1) is 19.3. The summed E-state index contributed by atoms with van der Waals surface area (Å²) in [5, 5.41) is 16.6. The third kappa shape index (κ3) is 4.22. The van der Waals surface area contributed by atoms with Crippen LogP contribution in [0, 0.1) is 6.92 Å². The van der Waals surface area contributed by atoms with Gasteiger partial charge in [-0.25, -0.2) is 0 Å². The molecule has 29 heavy (non-hydrogen) atoms. The average molecular weight is 397 g/mol. The van der Waals surface area contributed by atoms with Crippen molar-refractivity contribution in [1.29, 1.82) is 0 Å². The quantitative estimate of drug-likeness (QED) is 0.757. The van der Waals surface area contributed by atoms with E-state index in [-0.39, 0.29) is 43.4 Å². The Hall–Kier alpha value is -3.00. The Kier molecular flexibility index (Phi) is 5.19. The van der Waals surface area contributed by atoms with Crippen molar-refractivity contribution in [3.05, 3.63) is 46.8 Å². The summed E-state index contributed by atoms with van der Waals surface area (Å²) in [6.07, 6.45) is 0.714. The predicted octanol–water partition coefficient (Wildman–Crippen LogP) is 1.18. The Morgan fingerprint density at radius 2 is 2.17 bits per heavy atom. The number of hydrogen-bond acceptors (Lipinski definition) is 6. The zero-order valence-electron chi connectivity index (χ0n) is 16.2. The van der Waals surface area contributed by atoms with E-state index in [9.17, 15) is 19.5 Å². The Balaban J connectivity index is 1.38. The molecular weight excluding hydrogens is 374 g/mol. The number of carbonyl (C=O) groups is 3. The molecule has 1 aromatic carbocycles. The van der Waals surface area contributed by atoms with Crippen LogP contribution in [0.3, 0.4) is 0 Å². The summed E-state index contributed by atoms with van der Waals surface area (Å²) in [5.74, 6) is 0.0917. The second-order valence-corrected chi connectivity index (χ2v) is 7.75. The average Bonchev–Trinajstić information content (AvgIpc) is 3.36. The summed E-state index contributed by atoms with van der Waals surface area (Å²) in [6.45, 7) is 1.92. The van der Waals surface area contributed by atoms with Gasteiger partial charge in [-0.1, -0.05) is 17.3 Å². The highest BCUT2D eigenvalue weighted by molar-refractivity contribution is 5.99. The van der Waals surface area contributed by atoms with Crippen LogP contribution >= 0.6 is 0 Å². The van der Waals surface area contributed by atoms with Gasteiger partial charge >= 0.3 is 0 Å². The summed E-state index contributed by atoms with van der Waals surface area (Å²) in [5.41, 5.74) is 3.40. The van der Waals surface area contributed by atoms with Crippen molar-refractivity contribution in [3.63, 3.8) is 0 Å². The van der Waals surface area contributed by atoms with Crippen LogP contribution < -0.4 is 5.32 Å². The molecule has 0 bridgehead atoms. The minimum atomic E-state index is -0.709. The van der Waals surface area contributed by atoms with Gasteiger partial charge in [-0.05, 0) is 30.5 Å². The first-order valence-corrected chi connectivity index (χ1v) is 9.73. The van der Waals surface area contributed by atoms with Crippen LogP contribution in [-0.4, -0.2) is 51.5 Å². The van der Waals surface area contributed by atoms with Crippen LogP contribution in [0.5, 0.6) is 0 Å². The van der Waals surface area contributed by atoms with E-state index >= 15 is 0 Å². The number of fused-ring (bicyclic) bond motifs is 1. The van der Waals surface area contributed by atoms with E-state index in [1.807, 2.05) is 18.2 Å². The molecule has 1 aromatic heterocycles. The lowest BCUT2D eigenvalue weighted by molar-refractivity contribution is -0.137. The molecule has 0 radical (unpaired) electrons. The predicted molar refractivity (Wildman–Crippen MR) is 103 cm³/mol. The van der Waals surface area contributed by atoms with Gasteiger partial charge in [0.15, 0.2) is 5.78 Å². The number of β-amino-alcohol motifs (C(OH)–C–C–N with tert-alkyl or cyclic N) is 1. The SMILES string of the molecule is Cc1cc(CC(=O)N2C[C@H](O)C[C@H]2C(=O)CCc2ccc3c(c2)NC(=O)C3)on1. The van der Waals surface area contributed by atoms with Crippen LogP contribution in [0.25, 0.3) is 0 Å². The monoisotopic (exact) mass is 397 g/mol. The third-order valence-corrected chi connectivity index (χ3v) is 5.43. The number of hydrogen-bond donors (Lipinski definition) is 2. The van der Waals surface area contributed by atoms with Crippen LogP contribution in [0.1, 0.15) is 35.4 Å². The van der Waals surface area contributed by atoms with Crippen molar-refractivity contribution in [2.75, 3.05) is 11.9 Å². The number of nitrogens with one attached hydrogen (secondary N) is 1. The van der Waals surface area contributed by atoms with Crippen molar-refractivity contribution in [1.82, 2.24) is 10.1 Å². The van der Waals surface area contributed by atoms with Gasteiger partial charge in [0.2, 0.25) is 11.8 Å². The topological polar surface area (TPSA) is 113 Å². The van der Waals surface area contributed by atoms with Crippen LogP contribution in [0.15, 0.2) is 28.8 Å². The lowest BCUT2D eigenvalue weighted by atomic mass is 10.00.